The largest absolute Gasteiger partial charge is 0.355 e. The van der Waals surface area contributed by atoms with Crippen LogP contribution in [0, 0.1) is 13.8 Å². The van der Waals surface area contributed by atoms with Gasteiger partial charge in [0.15, 0.2) is 5.96 Å². The number of hydrogen-bond donors (Lipinski definition) is 3. The zero-order valence-corrected chi connectivity index (χ0v) is 16.4. The summed E-state index contributed by atoms with van der Waals surface area (Å²) in [5, 5.41) is 10.9. The van der Waals surface area contributed by atoms with Crippen LogP contribution >= 0.6 is 0 Å². The predicted molar refractivity (Wildman–Crippen MR) is 104 cm³/mol. The van der Waals surface area contributed by atoms with E-state index in [1.807, 2.05) is 48.9 Å². The summed E-state index contributed by atoms with van der Waals surface area (Å²) < 4.78 is 26.5. The van der Waals surface area contributed by atoms with E-state index in [9.17, 15) is 8.42 Å². The first kappa shape index (κ1) is 19.9. The van der Waals surface area contributed by atoms with Crippen LogP contribution in [0.15, 0.2) is 35.3 Å². The van der Waals surface area contributed by atoms with Gasteiger partial charge in [-0.25, -0.2) is 17.8 Å². The van der Waals surface area contributed by atoms with Gasteiger partial charge < -0.3 is 10.6 Å². The van der Waals surface area contributed by atoms with Crippen molar-refractivity contribution in [2.45, 2.75) is 20.4 Å². The number of rotatable bonds is 7. The van der Waals surface area contributed by atoms with Gasteiger partial charge in [-0.2, -0.15) is 5.10 Å². The minimum atomic E-state index is -3.18. The molecule has 0 atom stereocenters. The topological polar surface area (TPSA) is 100 Å². The molecule has 8 nitrogen and oxygen atoms in total. The minimum Gasteiger partial charge on any atom is -0.355 e. The number of aryl methyl sites for hydroxylation is 2. The Morgan fingerprint density at radius 1 is 1.19 bits per heavy atom. The molecule has 0 saturated carbocycles. The molecule has 0 aliphatic rings. The summed E-state index contributed by atoms with van der Waals surface area (Å²) in [6, 6.07) is 10.1. The van der Waals surface area contributed by atoms with Gasteiger partial charge in [-0.1, -0.05) is 18.2 Å². The second-order valence-electron chi connectivity index (χ2n) is 5.99. The van der Waals surface area contributed by atoms with E-state index in [0.717, 1.165) is 28.9 Å². The van der Waals surface area contributed by atoms with Crippen LogP contribution in [0.3, 0.4) is 0 Å². The van der Waals surface area contributed by atoms with Crippen molar-refractivity contribution in [1.82, 2.24) is 25.1 Å². The van der Waals surface area contributed by atoms with Gasteiger partial charge in [-0.3, -0.25) is 4.99 Å². The molecule has 0 unspecified atom stereocenters. The first-order valence-corrected chi connectivity index (χ1v) is 10.2. The summed E-state index contributed by atoms with van der Waals surface area (Å²) >= 11 is 0. The molecule has 0 radical (unpaired) electrons. The highest BCUT2D eigenvalue weighted by atomic mass is 32.2. The normalized spacial score (nSPS) is 12.2. The van der Waals surface area contributed by atoms with Crippen LogP contribution in [0.2, 0.25) is 0 Å². The number of hydrogen-bond acceptors (Lipinski definition) is 4. The number of sulfonamides is 1. The van der Waals surface area contributed by atoms with Gasteiger partial charge in [0, 0.05) is 32.4 Å². The maximum Gasteiger partial charge on any atom is 0.208 e. The Labute approximate surface area is 154 Å². The molecular formula is C17H26N6O2S. The second kappa shape index (κ2) is 8.81. The molecule has 0 saturated heterocycles. The maximum absolute atomic E-state index is 11.1. The monoisotopic (exact) mass is 378 g/mol. The zero-order chi connectivity index (χ0) is 19.2. The molecule has 142 valence electrons. The molecule has 0 fully saturated rings. The molecule has 1 aromatic carbocycles. The fourth-order valence-corrected chi connectivity index (χ4v) is 3.03. The lowest BCUT2D eigenvalue weighted by Crippen LogP contribution is -2.41. The molecule has 2 rings (SSSR count). The van der Waals surface area contributed by atoms with Crippen LogP contribution in [0.4, 0.5) is 0 Å². The minimum absolute atomic E-state index is 0.294. The molecule has 0 amide bonds. The smallest absolute Gasteiger partial charge is 0.208 e. The molecule has 1 aromatic heterocycles. The van der Waals surface area contributed by atoms with E-state index in [1.54, 1.807) is 7.05 Å². The first-order chi connectivity index (χ1) is 12.3. The van der Waals surface area contributed by atoms with Crippen LogP contribution in [0.5, 0.6) is 0 Å². The first-order valence-electron chi connectivity index (χ1n) is 8.31. The van der Waals surface area contributed by atoms with Crippen molar-refractivity contribution in [1.29, 1.82) is 0 Å². The van der Waals surface area contributed by atoms with Crippen LogP contribution < -0.4 is 15.4 Å². The average molecular weight is 379 g/mol. The van der Waals surface area contributed by atoms with Gasteiger partial charge in [0.1, 0.15) is 0 Å². The van der Waals surface area contributed by atoms with Gasteiger partial charge in [-0.15, -0.1) is 0 Å². The quantitative estimate of drug-likeness (QED) is 0.374. The fourth-order valence-electron chi connectivity index (χ4n) is 2.56. The van der Waals surface area contributed by atoms with Crippen molar-refractivity contribution in [2.75, 3.05) is 26.4 Å². The number of aliphatic imine (C=N–C) groups is 1. The van der Waals surface area contributed by atoms with Crippen LogP contribution in [-0.4, -0.2) is 50.6 Å². The zero-order valence-electron chi connectivity index (χ0n) is 15.6. The lowest BCUT2D eigenvalue weighted by molar-refractivity contribution is 0.586. The Kier molecular flexibility index (Phi) is 6.76. The van der Waals surface area contributed by atoms with Crippen molar-refractivity contribution in [3.8, 4) is 5.69 Å². The summed E-state index contributed by atoms with van der Waals surface area (Å²) in [5.74, 6) is 0.600. The summed E-state index contributed by atoms with van der Waals surface area (Å²) in [6.07, 6.45) is 1.13. The van der Waals surface area contributed by atoms with Crippen LogP contribution in [0.1, 0.15) is 17.0 Å². The molecule has 1 heterocycles. The summed E-state index contributed by atoms with van der Waals surface area (Å²) in [5.41, 5.74) is 4.14. The number of nitrogens with zero attached hydrogens (tertiary/aromatic N) is 3. The predicted octanol–water partition coefficient (Wildman–Crippen LogP) is 0.703. The van der Waals surface area contributed by atoms with E-state index in [0.29, 0.717) is 25.6 Å². The summed E-state index contributed by atoms with van der Waals surface area (Å²) in [4.78, 5) is 4.16. The molecule has 9 heteroatoms. The highest BCUT2D eigenvalue weighted by Gasteiger charge is 2.09. The Balaban J connectivity index is 1.99. The standard InChI is InChI=1S/C17H26N6O2S/c1-13-11-14(2)23(22-13)16-8-6-5-7-15(16)12-20-17(18-3)19-9-10-21-26(4,24)25/h5-8,11,21H,9-10,12H2,1-4H3,(H2,18,19,20). The Morgan fingerprint density at radius 2 is 1.92 bits per heavy atom. The van der Waals surface area contributed by atoms with Crippen molar-refractivity contribution >= 4 is 16.0 Å². The number of para-hydroxylation sites is 1. The van der Waals surface area contributed by atoms with Gasteiger partial charge in [0.2, 0.25) is 10.0 Å². The SMILES string of the molecule is CN=C(NCCNS(C)(=O)=O)NCc1ccccc1-n1nc(C)cc1C. The summed E-state index contributed by atoms with van der Waals surface area (Å²) in [6.45, 7) is 5.29. The van der Waals surface area contributed by atoms with E-state index in [4.69, 9.17) is 0 Å². The summed E-state index contributed by atoms with van der Waals surface area (Å²) in [7, 11) is -1.51. The van der Waals surface area contributed by atoms with Crippen LogP contribution in [-0.2, 0) is 16.6 Å². The van der Waals surface area contributed by atoms with E-state index in [2.05, 4.69) is 25.4 Å². The lowest BCUT2D eigenvalue weighted by Gasteiger charge is -2.15. The van der Waals surface area contributed by atoms with Crippen molar-refractivity contribution in [2.24, 2.45) is 4.99 Å². The molecular weight excluding hydrogens is 352 g/mol. The highest BCUT2D eigenvalue weighted by molar-refractivity contribution is 7.88. The van der Waals surface area contributed by atoms with Crippen molar-refractivity contribution in [3.63, 3.8) is 0 Å². The van der Waals surface area contributed by atoms with Crippen LogP contribution in [0.25, 0.3) is 5.69 Å². The van der Waals surface area contributed by atoms with Crippen molar-refractivity contribution < 1.29 is 8.42 Å². The fraction of sp³-hybridized carbons (Fsp3) is 0.412. The molecule has 0 spiro atoms. The average Bonchev–Trinajstić information content (AvgIpc) is 2.92. The van der Waals surface area contributed by atoms with Gasteiger partial charge in [-0.05, 0) is 31.5 Å². The molecule has 3 N–H and O–H groups in total. The third-order valence-corrected chi connectivity index (χ3v) is 4.41. The van der Waals surface area contributed by atoms with Crippen molar-refractivity contribution in [3.05, 3.63) is 47.3 Å². The van der Waals surface area contributed by atoms with Gasteiger partial charge in [0.05, 0.1) is 17.6 Å². The molecule has 2 aromatic rings. The third-order valence-electron chi connectivity index (χ3n) is 3.68. The molecule has 26 heavy (non-hydrogen) atoms. The van der Waals surface area contributed by atoms with E-state index >= 15 is 0 Å². The molecule has 0 aliphatic carbocycles. The second-order valence-corrected chi connectivity index (χ2v) is 7.82. The Morgan fingerprint density at radius 3 is 2.54 bits per heavy atom. The number of aromatic nitrogens is 2. The van der Waals surface area contributed by atoms with E-state index < -0.39 is 10.0 Å². The number of benzene rings is 1. The third kappa shape index (κ3) is 5.85. The highest BCUT2D eigenvalue weighted by Crippen LogP contribution is 2.16. The Bertz CT molecular complexity index is 873. The molecule has 0 bridgehead atoms. The van der Waals surface area contributed by atoms with Gasteiger partial charge in [0.25, 0.3) is 0 Å². The Hall–Kier alpha value is -2.39. The number of guanidine groups is 1. The maximum atomic E-state index is 11.1. The molecule has 0 aliphatic heterocycles. The van der Waals surface area contributed by atoms with E-state index in [-0.39, 0.29) is 0 Å². The van der Waals surface area contributed by atoms with E-state index in [1.165, 1.54) is 0 Å². The lowest BCUT2D eigenvalue weighted by atomic mass is 10.1. The van der Waals surface area contributed by atoms with Gasteiger partial charge >= 0.3 is 0 Å². The number of nitrogens with one attached hydrogen (secondary N) is 3.